The highest BCUT2D eigenvalue weighted by Gasteiger charge is 2.32. The standard InChI is InChI=1S/C18H24N4O.ClH/c1-3-19-13(2)11-20-18(23)16-12-21-22(17(16)14-9-10-14)15-7-5-4-6-8-15;/h4-8,12-14,19H,3,9-11H2,1-2H3,(H,20,23);1H/t13-;/m1./s1. The van der Waals surface area contributed by atoms with E-state index < -0.39 is 0 Å². The lowest BCUT2D eigenvalue weighted by Crippen LogP contribution is -2.39. The minimum absolute atomic E-state index is 0. The molecule has 1 aromatic carbocycles. The molecular weight excluding hydrogens is 324 g/mol. The smallest absolute Gasteiger partial charge is 0.254 e. The number of carbonyl (C=O) groups is 1. The first-order valence-electron chi connectivity index (χ1n) is 8.35. The van der Waals surface area contributed by atoms with Gasteiger partial charge in [-0.05, 0) is 38.4 Å². The summed E-state index contributed by atoms with van der Waals surface area (Å²) in [6.07, 6.45) is 3.97. The van der Waals surface area contributed by atoms with Crippen LogP contribution in [0.25, 0.3) is 5.69 Å². The molecule has 0 saturated heterocycles. The molecule has 0 radical (unpaired) electrons. The van der Waals surface area contributed by atoms with Gasteiger partial charge in [-0.3, -0.25) is 4.79 Å². The molecule has 1 fully saturated rings. The van der Waals surface area contributed by atoms with Crippen LogP contribution in [0.1, 0.15) is 48.7 Å². The molecule has 0 aliphatic heterocycles. The molecule has 1 aromatic heterocycles. The maximum Gasteiger partial charge on any atom is 0.254 e. The SMILES string of the molecule is CCN[C@H](C)CNC(=O)c1cnn(-c2ccccc2)c1C1CC1.Cl. The minimum Gasteiger partial charge on any atom is -0.350 e. The fourth-order valence-electron chi connectivity index (χ4n) is 2.82. The lowest BCUT2D eigenvalue weighted by atomic mass is 10.1. The molecular formula is C18H25ClN4O. The zero-order valence-corrected chi connectivity index (χ0v) is 15.0. The molecule has 1 saturated carbocycles. The third-order valence-corrected chi connectivity index (χ3v) is 4.14. The summed E-state index contributed by atoms with van der Waals surface area (Å²) in [5.74, 6) is 0.420. The lowest BCUT2D eigenvalue weighted by molar-refractivity contribution is 0.0949. The number of halogens is 1. The Morgan fingerprint density at radius 1 is 1.33 bits per heavy atom. The van der Waals surface area contributed by atoms with E-state index in [-0.39, 0.29) is 24.4 Å². The summed E-state index contributed by atoms with van der Waals surface area (Å²) >= 11 is 0. The van der Waals surface area contributed by atoms with Crippen molar-refractivity contribution in [3.05, 3.63) is 47.8 Å². The summed E-state index contributed by atoms with van der Waals surface area (Å²) in [6.45, 7) is 5.65. The number of para-hydroxylation sites is 1. The molecule has 1 amide bonds. The first-order chi connectivity index (χ1) is 11.2. The molecule has 1 aliphatic rings. The summed E-state index contributed by atoms with van der Waals surface area (Å²) in [5.41, 5.74) is 2.76. The van der Waals surface area contributed by atoms with E-state index in [1.165, 1.54) is 0 Å². The first kappa shape index (κ1) is 18.5. The van der Waals surface area contributed by atoms with Gasteiger partial charge in [0.15, 0.2) is 0 Å². The second-order valence-electron chi connectivity index (χ2n) is 6.13. The first-order valence-corrected chi connectivity index (χ1v) is 8.35. The van der Waals surface area contributed by atoms with Crippen LogP contribution < -0.4 is 10.6 Å². The van der Waals surface area contributed by atoms with Crippen LogP contribution >= 0.6 is 12.4 Å². The Hall–Kier alpha value is -1.85. The molecule has 0 spiro atoms. The maximum atomic E-state index is 12.6. The highest BCUT2D eigenvalue weighted by atomic mass is 35.5. The molecule has 2 N–H and O–H groups in total. The van der Waals surface area contributed by atoms with E-state index in [4.69, 9.17) is 0 Å². The number of likely N-dealkylation sites (N-methyl/N-ethyl adjacent to an activating group) is 1. The number of hydrogen-bond donors (Lipinski definition) is 2. The molecule has 2 aromatic rings. The van der Waals surface area contributed by atoms with Crippen molar-refractivity contribution < 1.29 is 4.79 Å². The number of aromatic nitrogens is 2. The van der Waals surface area contributed by atoms with Crippen LogP contribution in [0.5, 0.6) is 0 Å². The van der Waals surface area contributed by atoms with Gasteiger partial charge in [0.2, 0.25) is 0 Å². The van der Waals surface area contributed by atoms with Gasteiger partial charge in [-0.2, -0.15) is 5.10 Å². The Bertz CT molecular complexity index is 667. The largest absolute Gasteiger partial charge is 0.350 e. The molecule has 3 rings (SSSR count). The van der Waals surface area contributed by atoms with Crippen LogP contribution in [0, 0.1) is 0 Å². The van der Waals surface area contributed by atoms with E-state index in [1.807, 2.05) is 35.0 Å². The van der Waals surface area contributed by atoms with E-state index >= 15 is 0 Å². The average Bonchev–Trinajstić information content (AvgIpc) is 3.32. The summed E-state index contributed by atoms with van der Waals surface area (Å²) in [6, 6.07) is 10.3. The van der Waals surface area contributed by atoms with Crippen LogP contribution in [-0.4, -0.2) is 34.8 Å². The van der Waals surface area contributed by atoms with Gasteiger partial charge in [0.1, 0.15) is 0 Å². The zero-order chi connectivity index (χ0) is 16.2. The van der Waals surface area contributed by atoms with Crippen molar-refractivity contribution in [3.63, 3.8) is 0 Å². The Morgan fingerprint density at radius 3 is 2.67 bits per heavy atom. The monoisotopic (exact) mass is 348 g/mol. The molecule has 6 heteroatoms. The van der Waals surface area contributed by atoms with Crippen molar-refractivity contribution >= 4 is 18.3 Å². The number of amides is 1. The van der Waals surface area contributed by atoms with E-state index in [0.29, 0.717) is 18.0 Å². The lowest BCUT2D eigenvalue weighted by Gasteiger charge is -2.13. The van der Waals surface area contributed by atoms with Gasteiger partial charge in [0, 0.05) is 18.5 Å². The van der Waals surface area contributed by atoms with E-state index in [0.717, 1.165) is 30.8 Å². The second-order valence-corrected chi connectivity index (χ2v) is 6.13. The number of nitrogens with zero attached hydrogens (tertiary/aromatic N) is 2. The van der Waals surface area contributed by atoms with Crippen LogP contribution in [0.4, 0.5) is 0 Å². The van der Waals surface area contributed by atoms with Gasteiger partial charge in [-0.15, -0.1) is 12.4 Å². The van der Waals surface area contributed by atoms with Gasteiger partial charge in [0.05, 0.1) is 23.1 Å². The van der Waals surface area contributed by atoms with Gasteiger partial charge >= 0.3 is 0 Å². The summed E-state index contributed by atoms with van der Waals surface area (Å²) in [5, 5.41) is 10.8. The molecule has 24 heavy (non-hydrogen) atoms. The normalized spacial score (nSPS) is 14.8. The van der Waals surface area contributed by atoms with Crippen LogP contribution in [0.15, 0.2) is 36.5 Å². The van der Waals surface area contributed by atoms with Crippen molar-refractivity contribution in [2.45, 2.75) is 38.6 Å². The second kappa shape index (κ2) is 8.31. The Kier molecular flexibility index (Phi) is 6.40. The Morgan fingerprint density at radius 2 is 2.04 bits per heavy atom. The fraction of sp³-hybridized carbons (Fsp3) is 0.444. The number of hydrogen-bond acceptors (Lipinski definition) is 3. The quantitative estimate of drug-likeness (QED) is 0.808. The molecule has 1 heterocycles. The van der Waals surface area contributed by atoms with E-state index in [1.54, 1.807) is 6.20 Å². The number of carbonyl (C=O) groups excluding carboxylic acids is 1. The highest BCUT2D eigenvalue weighted by Crippen LogP contribution is 2.42. The zero-order valence-electron chi connectivity index (χ0n) is 14.2. The Labute approximate surface area is 149 Å². The van der Waals surface area contributed by atoms with Gasteiger partial charge < -0.3 is 10.6 Å². The predicted molar refractivity (Wildman–Crippen MR) is 98.3 cm³/mol. The fourth-order valence-corrected chi connectivity index (χ4v) is 2.82. The number of nitrogens with one attached hydrogen (secondary N) is 2. The van der Waals surface area contributed by atoms with Crippen LogP contribution in [0.2, 0.25) is 0 Å². The highest BCUT2D eigenvalue weighted by molar-refractivity contribution is 5.95. The maximum absolute atomic E-state index is 12.6. The number of rotatable bonds is 7. The van der Waals surface area contributed by atoms with E-state index in [2.05, 4.69) is 29.6 Å². The molecule has 1 atom stereocenters. The van der Waals surface area contributed by atoms with Crippen molar-refractivity contribution in [1.29, 1.82) is 0 Å². The minimum atomic E-state index is -0.0289. The molecule has 1 aliphatic carbocycles. The van der Waals surface area contributed by atoms with Crippen LogP contribution in [0.3, 0.4) is 0 Å². The van der Waals surface area contributed by atoms with Gasteiger partial charge in [0.25, 0.3) is 5.91 Å². The summed E-state index contributed by atoms with van der Waals surface area (Å²) in [4.78, 5) is 12.6. The summed E-state index contributed by atoms with van der Waals surface area (Å²) in [7, 11) is 0. The molecule has 0 bridgehead atoms. The summed E-state index contributed by atoms with van der Waals surface area (Å²) < 4.78 is 1.92. The van der Waals surface area contributed by atoms with Crippen molar-refractivity contribution in [2.24, 2.45) is 0 Å². The van der Waals surface area contributed by atoms with E-state index in [9.17, 15) is 4.79 Å². The van der Waals surface area contributed by atoms with Crippen LogP contribution in [-0.2, 0) is 0 Å². The topological polar surface area (TPSA) is 58.9 Å². The van der Waals surface area contributed by atoms with Crippen molar-refractivity contribution in [3.8, 4) is 5.69 Å². The van der Waals surface area contributed by atoms with Crippen molar-refractivity contribution in [1.82, 2.24) is 20.4 Å². The predicted octanol–water partition coefficient (Wildman–Crippen LogP) is 2.90. The third kappa shape index (κ3) is 4.16. The molecule has 5 nitrogen and oxygen atoms in total. The average molecular weight is 349 g/mol. The third-order valence-electron chi connectivity index (χ3n) is 4.14. The number of benzene rings is 1. The van der Waals surface area contributed by atoms with Gasteiger partial charge in [-0.25, -0.2) is 4.68 Å². The molecule has 130 valence electrons. The molecule has 0 unspecified atom stereocenters. The van der Waals surface area contributed by atoms with Crippen molar-refractivity contribution in [2.75, 3.05) is 13.1 Å². The Balaban J connectivity index is 0.00000208. The van der Waals surface area contributed by atoms with Gasteiger partial charge in [-0.1, -0.05) is 25.1 Å².